The van der Waals surface area contributed by atoms with Crippen molar-refractivity contribution in [3.8, 4) is 5.75 Å². The third-order valence-corrected chi connectivity index (χ3v) is 4.39. The number of aromatic nitrogens is 2. The van der Waals surface area contributed by atoms with Gasteiger partial charge < -0.3 is 10.1 Å². The highest BCUT2D eigenvalue weighted by molar-refractivity contribution is 8.01. The highest BCUT2D eigenvalue weighted by Gasteiger charge is 2.04. The van der Waals surface area contributed by atoms with Crippen LogP contribution in [-0.4, -0.2) is 29.1 Å². The summed E-state index contributed by atoms with van der Waals surface area (Å²) in [5.41, 5.74) is 0. The van der Waals surface area contributed by atoms with E-state index in [1.54, 1.807) is 23.9 Å². The molecule has 0 spiro atoms. The van der Waals surface area contributed by atoms with Crippen molar-refractivity contribution < 1.29 is 4.74 Å². The second-order valence-corrected chi connectivity index (χ2v) is 6.45. The summed E-state index contributed by atoms with van der Waals surface area (Å²) < 4.78 is 6.52. The first-order valence-corrected chi connectivity index (χ1v) is 8.15. The van der Waals surface area contributed by atoms with Crippen LogP contribution in [0.15, 0.2) is 41.3 Å². The molecule has 2 rings (SSSR count). The smallest absolute Gasteiger partial charge is 0.206 e. The molecule has 106 valence electrons. The molecule has 0 unspecified atom stereocenters. The van der Waals surface area contributed by atoms with E-state index >= 15 is 0 Å². The molecule has 20 heavy (non-hydrogen) atoms. The highest BCUT2D eigenvalue weighted by atomic mass is 35.5. The first kappa shape index (κ1) is 15.2. The van der Waals surface area contributed by atoms with Gasteiger partial charge in [0.05, 0.1) is 6.61 Å². The predicted octanol–water partition coefficient (Wildman–Crippen LogP) is 3.96. The Bertz CT molecular complexity index is 562. The molecular weight excluding hydrogens is 314 g/mol. The lowest BCUT2D eigenvalue weighted by Crippen LogP contribution is -1.99. The van der Waals surface area contributed by atoms with Gasteiger partial charge in [0.15, 0.2) is 4.34 Å². The molecule has 1 N–H and O–H groups in total. The van der Waals surface area contributed by atoms with Crippen molar-refractivity contribution >= 4 is 39.8 Å². The van der Waals surface area contributed by atoms with E-state index in [0.29, 0.717) is 18.2 Å². The van der Waals surface area contributed by atoms with Crippen molar-refractivity contribution in [3.63, 3.8) is 0 Å². The maximum absolute atomic E-state index is 5.88. The maximum atomic E-state index is 5.88. The molecule has 0 atom stereocenters. The molecule has 0 amide bonds. The average molecular weight is 328 g/mol. The van der Waals surface area contributed by atoms with Crippen molar-refractivity contribution in [3.05, 3.63) is 41.9 Å². The van der Waals surface area contributed by atoms with E-state index < -0.39 is 0 Å². The number of nitrogens with zero attached hydrogens (tertiary/aromatic N) is 2. The summed E-state index contributed by atoms with van der Waals surface area (Å²) >= 11 is 9.03. The Morgan fingerprint density at radius 2 is 2.35 bits per heavy atom. The van der Waals surface area contributed by atoms with Gasteiger partial charge in [-0.3, -0.25) is 0 Å². The molecule has 1 heterocycles. The third-order valence-electron chi connectivity index (χ3n) is 2.18. The van der Waals surface area contributed by atoms with Crippen molar-refractivity contribution in [1.82, 2.24) is 10.2 Å². The zero-order valence-electron chi connectivity index (χ0n) is 10.7. The first-order chi connectivity index (χ1) is 9.78. The monoisotopic (exact) mass is 327 g/mol. The minimum absolute atomic E-state index is 0.597. The Morgan fingerprint density at radius 3 is 3.15 bits per heavy atom. The first-order valence-electron chi connectivity index (χ1n) is 5.97. The molecule has 0 aliphatic rings. The summed E-state index contributed by atoms with van der Waals surface area (Å²) in [6.45, 7) is 4.93. The quantitative estimate of drug-likeness (QED) is 0.452. The number of ether oxygens (including phenoxy) is 1. The van der Waals surface area contributed by atoms with Crippen LogP contribution in [0.3, 0.4) is 0 Å². The Morgan fingerprint density at radius 1 is 1.45 bits per heavy atom. The number of hydrogen-bond acceptors (Lipinski definition) is 6. The second kappa shape index (κ2) is 8.14. The molecular formula is C13H14ClN3OS2. The van der Waals surface area contributed by atoms with Gasteiger partial charge in [0, 0.05) is 17.3 Å². The molecule has 0 aliphatic heterocycles. The fourth-order valence-corrected chi connectivity index (χ4v) is 3.17. The molecule has 1 aromatic carbocycles. The summed E-state index contributed by atoms with van der Waals surface area (Å²) in [4.78, 5) is 0. The number of anilines is 1. The molecule has 4 nitrogen and oxygen atoms in total. The van der Waals surface area contributed by atoms with Crippen LogP contribution in [0.25, 0.3) is 0 Å². The molecule has 2 aromatic rings. The molecule has 0 bridgehead atoms. The third kappa shape index (κ3) is 5.03. The summed E-state index contributed by atoms with van der Waals surface area (Å²) in [7, 11) is 0. The van der Waals surface area contributed by atoms with Gasteiger partial charge in [-0.1, -0.05) is 46.8 Å². The topological polar surface area (TPSA) is 47.0 Å². The number of nitrogens with one attached hydrogen (secondary N) is 1. The lowest BCUT2D eigenvalue weighted by atomic mass is 10.3. The average Bonchev–Trinajstić information content (AvgIpc) is 2.89. The second-order valence-electron chi connectivity index (χ2n) is 3.70. The maximum Gasteiger partial charge on any atom is 0.206 e. The van der Waals surface area contributed by atoms with Crippen molar-refractivity contribution in [2.24, 2.45) is 0 Å². The van der Waals surface area contributed by atoms with Gasteiger partial charge in [0.1, 0.15) is 5.75 Å². The number of rotatable bonds is 8. The Hall–Kier alpha value is -1.24. The summed E-state index contributed by atoms with van der Waals surface area (Å²) in [5.74, 6) is 1.59. The molecule has 7 heteroatoms. The fraction of sp³-hybridized carbons (Fsp3) is 0.231. The molecule has 0 fully saturated rings. The van der Waals surface area contributed by atoms with Gasteiger partial charge in [0.2, 0.25) is 5.13 Å². The molecule has 1 aromatic heterocycles. The SMILES string of the molecule is C=CCNc1nnc(SCCOc2cccc(Cl)c2)s1. The van der Waals surface area contributed by atoms with E-state index in [1.807, 2.05) is 18.2 Å². The number of hydrogen-bond donors (Lipinski definition) is 1. The zero-order chi connectivity index (χ0) is 14.2. The van der Waals surface area contributed by atoms with E-state index in [2.05, 4.69) is 22.1 Å². The largest absolute Gasteiger partial charge is 0.493 e. The predicted molar refractivity (Wildman–Crippen MR) is 86.3 cm³/mol. The summed E-state index contributed by atoms with van der Waals surface area (Å²) in [6.07, 6.45) is 1.78. The highest BCUT2D eigenvalue weighted by Crippen LogP contribution is 2.25. The Kier molecular flexibility index (Phi) is 6.17. The lowest BCUT2D eigenvalue weighted by Gasteiger charge is -2.04. The number of thioether (sulfide) groups is 1. The lowest BCUT2D eigenvalue weighted by molar-refractivity contribution is 0.344. The molecule has 0 saturated heterocycles. The van der Waals surface area contributed by atoms with Crippen LogP contribution >= 0.6 is 34.7 Å². The minimum atomic E-state index is 0.597. The summed E-state index contributed by atoms with van der Waals surface area (Å²) in [5, 5.41) is 12.7. The van der Waals surface area contributed by atoms with Gasteiger partial charge in [-0.2, -0.15) is 0 Å². The number of benzene rings is 1. The van der Waals surface area contributed by atoms with E-state index in [0.717, 1.165) is 21.0 Å². The Labute approximate surface area is 131 Å². The van der Waals surface area contributed by atoms with E-state index in [-0.39, 0.29) is 0 Å². The van der Waals surface area contributed by atoms with Gasteiger partial charge in [-0.25, -0.2) is 0 Å². The fourth-order valence-electron chi connectivity index (χ4n) is 1.34. The van der Waals surface area contributed by atoms with Gasteiger partial charge in [-0.15, -0.1) is 16.8 Å². The van der Waals surface area contributed by atoms with Crippen LogP contribution in [-0.2, 0) is 0 Å². The zero-order valence-corrected chi connectivity index (χ0v) is 13.1. The van der Waals surface area contributed by atoms with Crippen LogP contribution in [0.2, 0.25) is 5.02 Å². The number of halogens is 1. The van der Waals surface area contributed by atoms with Crippen molar-refractivity contribution in [2.75, 3.05) is 24.2 Å². The standard InChI is InChI=1S/C13H14ClN3OS2/c1-2-6-15-12-16-17-13(20-12)19-8-7-18-11-5-3-4-10(14)9-11/h2-5,9H,1,6-8H2,(H,15,16). The van der Waals surface area contributed by atoms with Crippen LogP contribution in [0.4, 0.5) is 5.13 Å². The van der Waals surface area contributed by atoms with Crippen molar-refractivity contribution in [1.29, 1.82) is 0 Å². The molecule has 0 saturated carbocycles. The van der Waals surface area contributed by atoms with E-state index in [4.69, 9.17) is 16.3 Å². The van der Waals surface area contributed by atoms with E-state index in [1.165, 1.54) is 11.3 Å². The van der Waals surface area contributed by atoms with Crippen molar-refractivity contribution in [2.45, 2.75) is 4.34 Å². The van der Waals surface area contributed by atoms with Gasteiger partial charge in [-0.05, 0) is 18.2 Å². The molecule has 0 aliphatic carbocycles. The van der Waals surface area contributed by atoms with Crippen LogP contribution in [0, 0.1) is 0 Å². The van der Waals surface area contributed by atoms with Gasteiger partial charge >= 0.3 is 0 Å². The summed E-state index contributed by atoms with van der Waals surface area (Å²) in [6, 6.07) is 7.38. The molecule has 0 radical (unpaired) electrons. The normalized spacial score (nSPS) is 10.2. The van der Waals surface area contributed by atoms with Crippen LogP contribution in [0.1, 0.15) is 0 Å². The van der Waals surface area contributed by atoms with Gasteiger partial charge in [0.25, 0.3) is 0 Å². The van der Waals surface area contributed by atoms with Crippen LogP contribution < -0.4 is 10.1 Å². The Balaban J connectivity index is 1.70. The minimum Gasteiger partial charge on any atom is -0.493 e. The van der Waals surface area contributed by atoms with E-state index in [9.17, 15) is 0 Å². The van der Waals surface area contributed by atoms with Crippen LogP contribution in [0.5, 0.6) is 5.75 Å².